The topological polar surface area (TPSA) is 43.8 Å². The Kier molecular flexibility index (Phi) is 4.94. The van der Waals surface area contributed by atoms with E-state index in [0.29, 0.717) is 21.4 Å². The quantitative estimate of drug-likeness (QED) is 0.666. The molecule has 0 aliphatic heterocycles. The van der Waals surface area contributed by atoms with E-state index in [0.717, 1.165) is 24.4 Å². The number of nitrogens with two attached hydrogens (primary N) is 1. The van der Waals surface area contributed by atoms with Crippen molar-refractivity contribution in [3.05, 3.63) is 40.4 Å². The average Bonchev–Trinajstić information content (AvgIpc) is 2.74. The molecule has 20 heavy (non-hydrogen) atoms. The molecule has 0 saturated heterocycles. The van der Waals surface area contributed by atoms with Crippen molar-refractivity contribution >= 4 is 29.1 Å². The third-order valence-electron chi connectivity index (χ3n) is 3.01. The minimum absolute atomic E-state index is 0.301. The summed E-state index contributed by atoms with van der Waals surface area (Å²) in [5.41, 5.74) is 7.80. The first-order valence-electron chi connectivity index (χ1n) is 6.48. The summed E-state index contributed by atoms with van der Waals surface area (Å²) in [7, 11) is 0. The summed E-state index contributed by atoms with van der Waals surface area (Å²) in [6, 6.07) is 4.72. The zero-order valence-electron chi connectivity index (χ0n) is 11.5. The lowest BCUT2D eigenvalue weighted by Crippen LogP contribution is -2.02. The molecule has 0 fully saturated rings. The lowest BCUT2D eigenvalue weighted by molar-refractivity contribution is 0.602. The van der Waals surface area contributed by atoms with Crippen LogP contribution in [0, 0.1) is 5.82 Å². The van der Waals surface area contributed by atoms with Gasteiger partial charge in [-0.3, -0.25) is 4.68 Å². The van der Waals surface area contributed by atoms with Gasteiger partial charge in [-0.1, -0.05) is 18.5 Å². The molecule has 0 unspecified atom stereocenters. The highest BCUT2D eigenvalue weighted by atomic mass is 35.5. The minimum Gasteiger partial charge on any atom is -0.399 e. The van der Waals surface area contributed by atoms with E-state index in [2.05, 4.69) is 5.10 Å². The predicted octanol–water partition coefficient (Wildman–Crippen LogP) is 4.13. The van der Waals surface area contributed by atoms with Crippen LogP contribution in [0.4, 0.5) is 10.1 Å². The Morgan fingerprint density at radius 2 is 2.15 bits per heavy atom. The first kappa shape index (κ1) is 15.2. The molecule has 0 saturated carbocycles. The maximum Gasteiger partial charge on any atom is 0.138 e. The van der Waals surface area contributed by atoms with Gasteiger partial charge in [-0.2, -0.15) is 5.10 Å². The van der Waals surface area contributed by atoms with Crippen LogP contribution in [-0.4, -0.2) is 9.78 Å². The van der Waals surface area contributed by atoms with Crippen molar-refractivity contribution < 1.29 is 4.39 Å². The van der Waals surface area contributed by atoms with Gasteiger partial charge in [0.15, 0.2) is 0 Å². The Bertz CT molecular complexity index is 613. The highest BCUT2D eigenvalue weighted by Crippen LogP contribution is 2.31. The van der Waals surface area contributed by atoms with E-state index in [1.54, 1.807) is 12.1 Å². The number of benzene rings is 1. The van der Waals surface area contributed by atoms with Gasteiger partial charge in [0.25, 0.3) is 0 Å². The van der Waals surface area contributed by atoms with Gasteiger partial charge >= 0.3 is 0 Å². The standard InChI is InChI=1S/C14H17ClFN3S/c1-3-11-14(15)12(19(4-2)18-11)8-20-13-6-5-9(17)7-10(13)16/h5-7H,3-4,8,17H2,1-2H3. The molecule has 1 heterocycles. The Labute approximate surface area is 127 Å². The van der Waals surface area contributed by atoms with Crippen molar-refractivity contribution in [2.75, 3.05) is 5.73 Å². The highest BCUT2D eigenvalue weighted by Gasteiger charge is 2.15. The number of hydrogen-bond donors (Lipinski definition) is 1. The number of aryl methyl sites for hydroxylation is 2. The predicted molar refractivity (Wildman–Crippen MR) is 82.7 cm³/mol. The van der Waals surface area contributed by atoms with Crippen LogP contribution in [0.15, 0.2) is 23.1 Å². The van der Waals surface area contributed by atoms with Crippen LogP contribution < -0.4 is 5.73 Å². The molecule has 1 aromatic carbocycles. The van der Waals surface area contributed by atoms with E-state index >= 15 is 0 Å². The van der Waals surface area contributed by atoms with E-state index < -0.39 is 0 Å². The number of nitrogens with zero attached hydrogens (tertiary/aromatic N) is 2. The van der Waals surface area contributed by atoms with Crippen LogP contribution in [0.25, 0.3) is 0 Å². The van der Waals surface area contributed by atoms with Gasteiger partial charge in [0.05, 0.1) is 16.4 Å². The fourth-order valence-corrected chi connectivity index (χ4v) is 3.30. The fourth-order valence-electron chi connectivity index (χ4n) is 1.94. The van der Waals surface area contributed by atoms with Crippen molar-refractivity contribution in [3.63, 3.8) is 0 Å². The van der Waals surface area contributed by atoms with Crippen molar-refractivity contribution in [1.82, 2.24) is 9.78 Å². The minimum atomic E-state index is -0.301. The van der Waals surface area contributed by atoms with Crippen molar-refractivity contribution in [1.29, 1.82) is 0 Å². The highest BCUT2D eigenvalue weighted by molar-refractivity contribution is 7.98. The number of hydrogen-bond acceptors (Lipinski definition) is 3. The Morgan fingerprint density at radius 3 is 2.75 bits per heavy atom. The lowest BCUT2D eigenvalue weighted by Gasteiger charge is -2.06. The monoisotopic (exact) mass is 313 g/mol. The smallest absolute Gasteiger partial charge is 0.138 e. The molecule has 0 amide bonds. The number of rotatable bonds is 5. The van der Waals surface area contributed by atoms with Gasteiger partial charge in [-0.15, -0.1) is 11.8 Å². The molecule has 0 radical (unpaired) electrons. The summed E-state index contributed by atoms with van der Waals surface area (Å²) < 4.78 is 15.6. The van der Waals surface area contributed by atoms with E-state index in [-0.39, 0.29) is 5.82 Å². The van der Waals surface area contributed by atoms with Gasteiger partial charge in [-0.05, 0) is 31.5 Å². The Hall–Kier alpha value is -1.20. The largest absolute Gasteiger partial charge is 0.399 e. The van der Waals surface area contributed by atoms with Gasteiger partial charge < -0.3 is 5.73 Å². The van der Waals surface area contributed by atoms with Crippen molar-refractivity contribution in [2.45, 2.75) is 37.5 Å². The molecule has 0 aliphatic rings. The first-order valence-corrected chi connectivity index (χ1v) is 7.85. The number of anilines is 1. The van der Waals surface area contributed by atoms with Gasteiger partial charge in [-0.25, -0.2) is 4.39 Å². The zero-order chi connectivity index (χ0) is 14.7. The third kappa shape index (κ3) is 3.10. The molecule has 3 nitrogen and oxygen atoms in total. The SMILES string of the molecule is CCc1nn(CC)c(CSc2ccc(N)cc2F)c1Cl. The molecule has 6 heteroatoms. The molecule has 108 valence electrons. The Morgan fingerprint density at radius 1 is 1.40 bits per heavy atom. The summed E-state index contributed by atoms with van der Waals surface area (Å²) >= 11 is 7.73. The summed E-state index contributed by atoms with van der Waals surface area (Å²) in [4.78, 5) is 0.567. The fraction of sp³-hybridized carbons (Fsp3) is 0.357. The molecular formula is C14H17ClFN3S. The number of aromatic nitrogens is 2. The molecule has 2 N–H and O–H groups in total. The van der Waals surface area contributed by atoms with Gasteiger partial charge in [0.1, 0.15) is 5.82 Å². The molecule has 2 aromatic rings. The second-order valence-electron chi connectivity index (χ2n) is 4.36. The summed E-state index contributed by atoms with van der Waals surface area (Å²) in [6.45, 7) is 4.78. The second-order valence-corrected chi connectivity index (χ2v) is 5.75. The second kappa shape index (κ2) is 6.50. The van der Waals surface area contributed by atoms with Crippen LogP contribution >= 0.6 is 23.4 Å². The van der Waals surface area contributed by atoms with E-state index in [1.165, 1.54) is 17.8 Å². The first-order chi connectivity index (χ1) is 9.56. The van der Waals surface area contributed by atoms with Crippen LogP contribution in [0.3, 0.4) is 0 Å². The summed E-state index contributed by atoms with van der Waals surface area (Å²) in [5, 5.41) is 5.15. The lowest BCUT2D eigenvalue weighted by atomic mass is 10.3. The van der Waals surface area contributed by atoms with Crippen LogP contribution in [-0.2, 0) is 18.7 Å². The molecular weight excluding hydrogens is 297 g/mol. The van der Waals surface area contributed by atoms with Crippen LogP contribution in [0.5, 0.6) is 0 Å². The van der Waals surface area contributed by atoms with Gasteiger partial charge in [0, 0.05) is 22.9 Å². The van der Waals surface area contributed by atoms with Crippen LogP contribution in [0.2, 0.25) is 5.02 Å². The normalized spacial score (nSPS) is 11.0. The molecule has 0 bridgehead atoms. The summed E-state index contributed by atoms with van der Waals surface area (Å²) in [6.07, 6.45) is 0.791. The molecule has 2 rings (SSSR count). The average molecular weight is 314 g/mol. The maximum atomic E-state index is 13.8. The molecule has 0 aliphatic carbocycles. The Balaban J connectivity index is 2.20. The molecule has 0 atom stereocenters. The van der Waals surface area contributed by atoms with Crippen molar-refractivity contribution in [2.24, 2.45) is 0 Å². The van der Waals surface area contributed by atoms with E-state index in [1.807, 2.05) is 18.5 Å². The maximum absolute atomic E-state index is 13.8. The van der Waals surface area contributed by atoms with Crippen LogP contribution in [0.1, 0.15) is 25.2 Å². The van der Waals surface area contributed by atoms with Crippen molar-refractivity contribution in [3.8, 4) is 0 Å². The number of thioether (sulfide) groups is 1. The van der Waals surface area contributed by atoms with E-state index in [9.17, 15) is 4.39 Å². The van der Waals surface area contributed by atoms with E-state index in [4.69, 9.17) is 17.3 Å². The van der Waals surface area contributed by atoms with Gasteiger partial charge in [0.2, 0.25) is 0 Å². The zero-order valence-corrected chi connectivity index (χ0v) is 13.1. The third-order valence-corrected chi connectivity index (χ3v) is 4.51. The number of nitrogen functional groups attached to an aromatic ring is 1. The number of halogens is 2. The molecule has 0 spiro atoms. The summed E-state index contributed by atoms with van der Waals surface area (Å²) in [5.74, 6) is 0.282. The molecule has 1 aromatic heterocycles.